The Labute approximate surface area is 166 Å². The number of amides is 1. The molecule has 7 nitrogen and oxygen atoms in total. The Morgan fingerprint density at radius 3 is 2.68 bits per heavy atom. The van der Waals surface area contributed by atoms with E-state index in [0.717, 1.165) is 0 Å². The molecule has 3 aromatic rings. The minimum atomic E-state index is -0.897. The molecule has 3 rings (SSSR count). The highest BCUT2D eigenvalue weighted by Crippen LogP contribution is 2.18. The Hall–Kier alpha value is -2.84. The van der Waals surface area contributed by atoms with Gasteiger partial charge in [-0.2, -0.15) is 0 Å². The van der Waals surface area contributed by atoms with E-state index in [1.807, 2.05) is 0 Å². The zero-order valence-electron chi connectivity index (χ0n) is 15.1. The number of nitrogens with zero attached hydrogens (tertiary/aromatic N) is 4. The lowest BCUT2D eigenvalue weighted by Crippen LogP contribution is -2.37. The number of nitrogens with one attached hydrogen (secondary N) is 1. The lowest BCUT2D eigenvalue weighted by atomic mass is 10.0. The van der Waals surface area contributed by atoms with Gasteiger partial charge >= 0.3 is 0 Å². The van der Waals surface area contributed by atoms with Crippen molar-refractivity contribution in [3.05, 3.63) is 76.3 Å². The highest BCUT2D eigenvalue weighted by atomic mass is 35.5. The molecule has 1 aromatic heterocycles. The zero-order chi connectivity index (χ0) is 20.1. The second-order valence-electron chi connectivity index (χ2n) is 6.33. The number of carbonyl (C=O) groups excluding carboxylic acids is 1. The fraction of sp³-hybridized carbons (Fsp3) is 0.263. The van der Waals surface area contributed by atoms with E-state index in [0.29, 0.717) is 22.0 Å². The molecule has 0 aliphatic rings. The molecule has 2 atom stereocenters. The molecule has 0 fully saturated rings. The van der Waals surface area contributed by atoms with Crippen molar-refractivity contribution in [1.82, 2.24) is 25.5 Å². The summed E-state index contributed by atoms with van der Waals surface area (Å²) >= 11 is 5.85. The first-order chi connectivity index (χ1) is 13.4. The minimum Gasteiger partial charge on any atom is -0.387 e. The van der Waals surface area contributed by atoms with Gasteiger partial charge in [0.1, 0.15) is 17.7 Å². The van der Waals surface area contributed by atoms with Crippen molar-refractivity contribution in [2.75, 3.05) is 6.54 Å². The van der Waals surface area contributed by atoms with Crippen LogP contribution in [-0.4, -0.2) is 37.8 Å². The Kier molecular flexibility index (Phi) is 6.33. The summed E-state index contributed by atoms with van der Waals surface area (Å²) in [5.74, 6) is -0.314. The number of aliphatic hydroxyl groups is 1. The van der Waals surface area contributed by atoms with Crippen molar-refractivity contribution in [2.24, 2.45) is 0 Å². The van der Waals surface area contributed by atoms with Crippen molar-refractivity contribution in [3.8, 4) is 0 Å². The van der Waals surface area contributed by atoms with Crippen LogP contribution in [0.5, 0.6) is 0 Å². The number of rotatable bonds is 7. The van der Waals surface area contributed by atoms with Gasteiger partial charge in [-0.05, 0) is 52.7 Å². The highest BCUT2D eigenvalue weighted by Gasteiger charge is 2.25. The van der Waals surface area contributed by atoms with E-state index in [-0.39, 0.29) is 24.7 Å². The molecule has 0 radical (unpaired) electrons. The summed E-state index contributed by atoms with van der Waals surface area (Å²) in [4.78, 5) is 12.8. The molecule has 0 aliphatic heterocycles. The van der Waals surface area contributed by atoms with E-state index in [9.17, 15) is 14.3 Å². The summed E-state index contributed by atoms with van der Waals surface area (Å²) in [6.45, 7) is 1.68. The maximum Gasteiger partial charge on any atom is 0.245 e. The third-order valence-corrected chi connectivity index (χ3v) is 4.55. The normalized spacial score (nSPS) is 13.1. The highest BCUT2D eigenvalue weighted by molar-refractivity contribution is 6.30. The average Bonchev–Trinajstić information content (AvgIpc) is 3.10. The second kappa shape index (κ2) is 8.90. The Bertz CT molecular complexity index is 948. The number of aliphatic hydroxyl groups excluding tert-OH is 1. The molecule has 0 saturated heterocycles. The number of halogens is 2. The van der Waals surface area contributed by atoms with Gasteiger partial charge < -0.3 is 10.4 Å². The monoisotopic (exact) mass is 403 g/mol. The van der Waals surface area contributed by atoms with Crippen molar-refractivity contribution in [2.45, 2.75) is 25.5 Å². The van der Waals surface area contributed by atoms with E-state index in [4.69, 9.17) is 11.6 Å². The van der Waals surface area contributed by atoms with Crippen LogP contribution in [0.2, 0.25) is 5.02 Å². The number of aromatic nitrogens is 4. The van der Waals surface area contributed by atoms with Gasteiger partial charge in [-0.3, -0.25) is 4.79 Å². The molecule has 2 N–H and O–H groups in total. The van der Waals surface area contributed by atoms with Crippen LogP contribution in [0.3, 0.4) is 0 Å². The van der Waals surface area contributed by atoms with Crippen LogP contribution in [0, 0.1) is 12.7 Å². The molecule has 0 bridgehead atoms. The summed E-state index contributed by atoms with van der Waals surface area (Å²) < 4.78 is 14.9. The van der Waals surface area contributed by atoms with E-state index < -0.39 is 12.1 Å². The fourth-order valence-electron chi connectivity index (χ4n) is 2.82. The first kappa shape index (κ1) is 19.9. The SMILES string of the molecule is Cc1nnnn1C(Cc1cccc(F)c1)C(=O)NCC(O)c1ccc(Cl)cc1. The smallest absolute Gasteiger partial charge is 0.245 e. The minimum absolute atomic E-state index is 0.00128. The zero-order valence-corrected chi connectivity index (χ0v) is 15.8. The molecule has 146 valence electrons. The van der Waals surface area contributed by atoms with Crippen molar-refractivity contribution < 1.29 is 14.3 Å². The van der Waals surface area contributed by atoms with Gasteiger partial charge in [-0.25, -0.2) is 9.07 Å². The first-order valence-electron chi connectivity index (χ1n) is 8.64. The molecule has 0 aliphatic carbocycles. The molecule has 28 heavy (non-hydrogen) atoms. The van der Waals surface area contributed by atoms with Crippen molar-refractivity contribution in [1.29, 1.82) is 0 Å². The number of carbonyl (C=O) groups is 1. The van der Waals surface area contributed by atoms with Crippen LogP contribution >= 0.6 is 11.6 Å². The third kappa shape index (κ3) is 4.90. The maximum atomic E-state index is 13.5. The van der Waals surface area contributed by atoms with Gasteiger partial charge in [0.2, 0.25) is 5.91 Å². The van der Waals surface area contributed by atoms with E-state index in [2.05, 4.69) is 20.8 Å². The second-order valence-corrected chi connectivity index (χ2v) is 6.77. The van der Waals surface area contributed by atoms with Gasteiger partial charge in [-0.1, -0.05) is 35.9 Å². The number of benzene rings is 2. The van der Waals surface area contributed by atoms with Gasteiger partial charge in [0.05, 0.1) is 6.10 Å². The summed E-state index contributed by atoms with van der Waals surface area (Å²) in [6, 6.07) is 11.9. The molecule has 1 heterocycles. The summed E-state index contributed by atoms with van der Waals surface area (Å²) in [5, 5.41) is 24.8. The standard InChI is InChI=1S/C19H19ClFN5O2/c1-12-23-24-25-26(12)17(10-13-3-2-4-16(21)9-13)19(28)22-11-18(27)14-5-7-15(20)8-6-14/h2-9,17-18,27H,10-11H2,1H3,(H,22,28). The van der Waals surface area contributed by atoms with E-state index in [1.165, 1.54) is 16.8 Å². The van der Waals surface area contributed by atoms with Crippen molar-refractivity contribution >= 4 is 17.5 Å². The van der Waals surface area contributed by atoms with E-state index >= 15 is 0 Å². The Morgan fingerprint density at radius 1 is 1.29 bits per heavy atom. The van der Waals surface area contributed by atoms with E-state index in [1.54, 1.807) is 43.3 Å². The van der Waals surface area contributed by atoms with Crippen molar-refractivity contribution in [3.63, 3.8) is 0 Å². The molecule has 2 aromatic carbocycles. The predicted octanol–water partition coefficient (Wildman–Crippen LogP) is 2.41. The van der Waals surface area contributed by atoms with Crippen LogP contribution in [0.15, 0.2) is 48.5 Å². The van der Waals surface area contributed by atoms with Gasteiger partial charge in [0.25, 0.3) is 0 Å². The number of tetrazole rings is 1. The lowest BCUT2D eigenvalue weighted by molar-refractivity contribution is -0.125. The lowest BCUT2D eigenvalue weighted by Gasteiger charge is -2.19. The summed E-state index contributed by atoms with van der Waals surface area (Å²) in [5.41, 5.74) is 1.26. The molecular formula is C19H19ClFN5O2. The number of hydrogen-bond acceptors (Lipinski definition) is 5. The largest absolute Gasteiger partial charge is 0.387 e. The average molecular weight is 404 g/mol. The molecule has 9 heteroatoms. The van der Waals surface area contributed by atoms with Crippen LogP contribution in [0.25, 0.3) is 0 Å². The topological polar surface area (TPSA) is 92.9 Å². The Balaban J connectivity index is 1.73. The molecular weight excluding hydrogens is 385 g/mol. The summed E-state index contributed by atoms with van der Waals surface area (Å²) in [6.07, 6.45) is -0.696. The Morgan fingerprint density at radius 2 is 2.04 bits per heavy atom. The molecule has 2 unspecified atom stereocenters. The third-order valence-electron chi connectivity index (χ3n) is 4.30. The number of aryl methyl sites for hydroxylation is 1. The van der Waals surface area contributed by atoms with Gasteiger partial charge in [-0.15, -0.1) is 5.10 Å². The van der Waals surface area contributed by atoms with Crippen LogP contribution in [-0.2, 0) is 11.2 Å². The number of hydrogen-bond donors (Lipinski definition) is 2. The first-order valence-corrected chi connectivity index (χ1v) is 9.02. The maximum absolute atomic E-state index is 13.5. The predicted molar refractivity (Wildman–Crippen MR) is 101 cm³/mol. The molecule has 0 saturated carbocycles. The molecule has 0 spiro atoms. The van der Waals surface area contributed by atoms with Crippen LogP contribution < -0.4 is 5.32 Å². The quantitative estimate of drug-likeness (QED) is 0.632. The van der Waals surface area contributed by atoms with Gasteiger partial charge in [0, 0.05) is 18.0 Å². The van der Waals surface area contributed by atoms with Crippen LogP contribution in [0.1, 0.15) is 29.1 Å². The van der Waals surface area contributed by atoms with Gasteiger partial charge in [0.15, 0.2) is 0 Å². The molecule has 1 amide bonds. The summed E-state index contributed by atoms with van der Waals surface area (Å²) in [7, 11) is 0. The fourth-order valence-corrected chi connectivity index (χ4v) is 2.95. The van der Waals surface area contributed by atoms with Crippen LogP contribution in [0.4, 0.5) is 4.39 Å².